The van der Waals surface area contributed by atoms with E-state index in [2.05, 4.69) is 12.2 Å². The highest BCUT2D eigenvalue weighted by Crippen LogP contribution is 2.15. The van der Waals surface area contributed by atoms with Gasteiger partial charge in [0.05, 0.1) is 0 Å². The minimum absolute atomic E-state index is 0.460. The summed E-state index contributed by atoms with van der Waals surface area (Å²) in [6, 6.07) is 0.617. The number of Topliss-reactive ketones (excluding diaryl/α,β-unsaturated/α-hetero) is 1. The van der Waals surface area contributed by atoms with E-state index in [1.54, 1.807) is 0 Å². The van der Waals surface area contributed by atoms with Crippen molar-refractivity contribution >= 4 is 5.78 Å². The summed E-state index contributed by atoms with van der Waals surface area (Å²) in [5.74, 6) is 0.460. The van der Waals surface area contributed by atoms with Crippen molar-refractivity contribution in [2.45, 2.75) is 103 Å². The van der Waals surface area contributed by atoms with Crippen LogP contribution in [0.1, 0.15) is 96.8 Å². The van der Waals surface area contributed by atoms with Gasteiger partial charge in [-0.25, -0.2) is 0 Å². The number of unbranched alkanes of at least 4 members (excludes halogenated alkanes) is 9. The van der Waals surface area contributed by atoms with Crippen molar-refractivity contribution in [3.05, 3.63) is 0 Å². The molecule has 20 heavy (non-hydrogen) atoms. The fraction of sp³-hybridized carbons (Fsp3) is 0.944. The van der Waals surface area contributed by atoms with Gasteiger partial charge in [-0.2, -0.15) is 0 Å². The summed E-state index contributed by atoms with van der Waals surface area (Å²) in [7, 11) is 0. The molecule has 1 rings (SSSR count). The van der Waals surface area contributed by atoms with E-state index in [1.165, 1.54) is 64.2 Å². The third-order valence-electron chi connectivity index (χ3n) is 4.51. The minimum atomic E-state index is 0.460. The highest BCUT2D eigenvalue weighted by Gasteiger charge is 2.17. The normalized spacial score (nSPS) is 16.8. The Hall–Kier alpha value is -0.370. The predicted molar refractivity (Wildman–Crippen MR) is 87.1 cm³/mol. The highest BCUT2D eigenvalue weighted by molar-refractivity contribution is 5.79. The SMILES string of the molecule is CCCCCCCCCCCCNC1CCC(=O)CC1. The van der Waals surface area contributed by atoms with E-state index in [1.807, 2.05) is 0 Å². The number of rotatable bonds is 12. The van der Waals surface area contributed by atoms with Crippen molar-refractivity contribution in [3.63, 3.8) is 0 Å². The lowest BCUT2D eigenvalue weighted by atomic mass is 9.94. The summed E-state index contributed by atoms with van der Waals surface area (Å²) in [6.07, 6.45) is 17.7. The lowest BCUT2D eigenvalue weighted by molar-refractivity contribution is -0.120. The van der Waals surface area contributed by atoms with Gasteiger partial charge >= 0.3 is 0 Å². The summed E-state index contributed by atoms with van der Waals surface area (Å²) >= 11 is 0. The van der Waals surface area contributed by atoms with Crippen LogP contribution in [-0.2, 0) is 4.79 Å². The highest BCUT2D eigenvalue weighted by atomic mass is 16.1. The lowest BCUT2D eigenvalue weighted by Gasteiger charge is -2.22. The molecule has 1 aliphatic rings. The van der Waals surface area contributed by atoms with Crippen LogP contribution < -0.4 is 5.32 Å². The van der Waals surface area contributed by atoms with Crippen LogP contribution in [0, 0.1) is 0 Å². The van der Waals surface area contributed by atoms with E-state index in [0.29, 0.717) is 11.8 Å². The zero-order valence-corrected chi connectivity index (χ0v) is 13.6. The van der Waals surface area contributed by atoms with Gasteiger partial charge in [-0.3, -0.25) is 4.79 Å². The van der Waals surface area contributed by atoms with Gasteiger partial charge in [0.1, 0.15) is 5.78 Å². The maximum atomic E-state index is 11.1. The first kappa shape index (κ1) is 17.7. The molecule has 1 aliphatic carbocycles. The van der Waals surface area contributed by atoms with Gasteiger partial charge in [0, 0.05) is 18.9 Å². The Morgan fingerprint density at radius 2 is 1.35 bits per heavy atom. The smallest absolute Gasteiger partial charge is 0.133 e. The molecule has 0 aromatic carbocycles. The van der Waals surface area contributed by atoms with Crippen molar-refractivity contribution < 1.29 is 4.79 Å². The molecule has 0 aromatic rings. The van der Waals surface area contributed by atoms with E-state index >= 15 is 0 Å². The van der Waals surface area contributed by atoms with Crippen LogP contribution in [0.4, 0.5) is 0 Å². The minimum Gasteiger partial charge on any atom is -0.314 e. The first-order valence-electron chi connectivity index (χ1n) is 9.08. The molecule has 0 aromatic heterocycles. The van der Waals surface area contributed by atoms with E-state index in [4.69, 9.17) is 0 Å². The Labute approximate surface area is 126 Å². The topological polar surface area (TPSA) is 29.1 Å². The molecule has 0 bridgehead atoms. The fourth-order valence-electron chi connectivity index (χ4n) is 3.06. The molecule has 2 heteroatoms. The van der Waals surface area contributed by atoms with Gasteiger partial charge < -0.3 is 5.32 Å². The average Bonchev–Trinajstić information content (AvgIpc) is 2.47. The van der Waals surface area contributed by atoms with E-state index in [0.717, 1.165) is 32.2 Å². The maximum absolute atomic E-state index is 11.1. The number of carbonyl (C=O) groups is 1. The molecule has 118 valence electrons. The molecule has 0 saturated heterocycles. The fourth-order valence-corrected chi connectivity index (χ4v) is 3.06. The van der Waals surface area contributed by atoms with Gasteiger partial charge in [0.25, 0.3) is 0 Å². The van der Waals surface area contributed by atoms with E-state index < -0.39 is 0 Å². The molecule has 0 radical (unpaired) electrons. The summed E-state index contributed by atoms with van der Waals surface area (Å²) in [5, 5.41) is 3.62. The second kappa shape index (κ2) is 12.4. The van der Waals surface area contributed by atoms with Crippen molar-refractivity contribution in [1.82, 2.24) is 5.32 Å². The zero-order valence-electron chi connectivity index (χ0n) is 13.6. The monoisotopic (exact) mass is 281 g/mol. The van der Waals surface area contributed by atoms with Crippen molar-refractivity contribution in [1.29, 1.82) is 0 Å². The lowest BCUT2D eigenvalue weighted by Crippen LogP contribution is -2.33. The van der Waals surface area contributed by atoms with Crippen LogP contribution in [-0.4, -0.2) is 18.4 Å². The van der Waals surface area contributed by atoms with Gasteiger partial charge in [-0.1, -0.05) is 64.7 Å². The van der Waals surface area contributed by atoms with E-state index in [9.17, 15) is 4.79 Å². The molecule has 2 nitrogen and oxygen atoms in total. The first-order valence-corrected chi connectivity index (χ1v) is 9.08. The Kier molecular flexibility index (Phi) is 10.9. The molecule has 0 amide bonds. The summed E-state index contributed by atoms with van der Waals surface area (Å²) in [6.45, 7) is 3.43. The Balaban J connectivity index is 1.75. The summed E-state index contributed by atoms with van der Waals surface area (Å²) in [4.78, 5) is 11.1. The second-order valence-electron chi connectivity index (χ2n) is 6.45. The predicted octanol–water partition coefficient (Wildman–Crippen LogP) is 5.01. The van der Waals surface area contributed by atoms with Crippen molar-refractivity contribution in [2.75, 3.05) is 6.54 Å². The molecule has 0 unspecified atom stereocenters. The van der Waals surface area contributed by atoms with Crippen LogP contribution in [0.5, 0.6) is 0 Å². The Bertz CT molecular complexity index is 230. The number of hydrogen-bond acceptors (Lipinski definition) is 2. The third kappa shape index (κ3) is 9.52. The zero-order chi connectivity index (χ0) is 14.5. The van der Waals surface area contributed by atoms with Gasteiger partial charge in [0.15, 0.2) is 0 Å². The number of hydrogen-bond donors (Lipinski definition) is 1. The van der Waals surface area contributed by atoms with Gasteiger partial charge in [-0.05, 0) is 25.8 Å². The largest absolute Gasteiger partial charge is 0.314 e. The molecule has 0 spiro atoms. The van der Waals surface area contributed by atoms with Gasteiger partial charge in [0.2, 0.25) is 0 Å². The molecule has 1 saturated carbocycles. The molecular formula is C18H35NO. The van der Waals surface area contributed by atoms with Crippen molar-refractivity contribution in [3.8, 4) is 0 Å². The Morgan fingerprint density at radius 1 is 0.850 bits per heavy atom. The average molecular weight is 281 g/mol. The quantitative estimate of drug-likeness (QED) is 0.510. The molecule has 0 aliphatic heterocycles. The summed E-state index contributed by atoms with van der Waals surface area (Å²) < 4.78 is 0. The number of carbonyl (C=O) groups excluding carboxylic acids is 1. The molecule has 0 heterocycles. The van der Waals surface area contributed by atoms with Crippen LogP contribution in [0.25, 0.3) is 0 Å². The summed E-state index contributed by atoms with van der Waals surface area (Å²) in [5.41, 5.74) is 0. The van der Waals surface area contributed by atoms with Crippen LogP contribution >= 0.6 is 0 Å². The molecular weight excluding hydrogens is 246 g/mol. The van der Waals surface area contributed by atoms with Crippen LogP contribution in [0.2, 0.25) is 0 Å². The van der Waals surface area contributed by atoms with Crippen LogP contribution in [0.3, 0.4) is 0 Å². The number of nitrogens with one attached hydrogen (secondary N) is 1. The molecule has 0 atom stereocenters. The first-order chi connectivity index (χ1) is 9.83. The third-order valence-corrected chi connectivity index (χ3v) is 4.51. The maximum Gasteiger partial charge on any atom is 0.133 e. The second-order valence-corrected chi connectivity index (χ2v) is 6.45. The molecule has 1 N–H and O–H groups in total. The van der Waals surface area contributed by atoms with Crippen molar-refractivity contribution in [2.24, 2.45) is 0 Å². The van der Waals surface area contributed by atoms with Crippen LogP contribution in [0.15, 0.2) is 0 Å². The number of ketones is 1. The van der Waals surface area contributed by atoms with E-state index in [-0.39, 0.29) is 0 Å². The van der Waals surface area contributed by atoms with Gasteiger partial charge in [-0.15, -0.1) is 0 Å². The standard InChI is InChI=1S/C18H35NO/c1-2-3-4-5-6-7-8-9-10-11-16-19-17-12-14-18(20)15-13-17/h17,19H,2-16H2,1H3. The Morgan fingerprint density at radius 3 is 1.90 bits per heavy atom. The molecule has 1 fully saturated rings.